The van der Waals surface area contributed by atoms with Gasteiger partial charge in [-0.05, 0) is 51.2 Å². The van der Waals surface area contributed by atoms with Gasteiger partial charge in [-0.1, -0.05) is 6.92 Å². The Balaban J connectivity index is 1.12. The Hall–Kier alpha value is -1.86. The first kappa shape index (κ1) is 19.8. The first-order valence-corrected chi connectivity index (χ1v) is 11.8. The third-order valence-corrected chi connectivity index (χ3v) is 9.16. The lowest BCUT2D eigenvalue weighted by atomic mass is 9.53. The second kappa shape index (κ2) is 6.58. The molecule has 6 rings (SSSR count). The Labute approximate surface area is 183 Å². The predicted molar refractivity (Wildman–Crippen MR) is 111 cm³/mol. The summed E-state index contributed by atoms with van der Waals surface area (Å²) in [4.78, 5) is 29.5. The third-order valence-electron chi connectivity index (χ3n) is 9.16. The SMILES string of the molecule is C[C@]12CCC[C@]3(C)O[C@@]13C[C@@H]1[C@@H](C2)OC(=O)[C@@H]1CN1CCN(C(=O)c2ccco2)CC1. The van der Waals surface area contributed by atoms with Crippen LogP contribution in [0.4, 0.5) is 0 Å². The van der Waals surface area contributed by atoms with Crippen LogP contribution in [0.1, 0.15) is 56.5 Å². The molecule has 3 aliphatic heterocycles. The monoisotopic (exact) mass is 428 g/mol. The van der Waals surface area contributed by atoms with Gasteiger partial charge >= 0.3 is 5.97 Å². The van der Waals surface area contributed by atoms with Crippen LogP contribution < -0.4 is 0 Å². The quantitative estimate of drug-likeness (QED) is 0.544. The molecule has 5 aliphatic rings. The van der Waals surface area contributed by atoms with E-state index >= 15 is 0 Å². The summed E-state index contributed by atoms with van der Waals surface area (Å²) in [5, 5.41) is 0. The average Bonchev–Trinajstić information content (AvgIpc) is 3.06. The molecule has 5 fully saturated rings. The highest BCUT2D eigenvalue weighted by Crippen LogP contribution is 2.72. The molecule has 0 radical (unpaired) electrons. The van der Waals surface area contributed by atoms with Crippen molar-refractivity contribution in [1.82, 2.24) is 9.80 Å². The summed E-state index contributed by atoms with van der Waals surface area (Å²) >= 11 is 0. The maximum absolute atomic E-state index is 12.9. The van der Waals surface area contributed by atoms with Gasteiger partial charge in [0.25, 0.3) is 5.91 Å². The third kappa shape index (κ3) is 2.78. The molecule has 0 unspecified atom stereocenters. The second-order valence-corrected chi connectivity index (χ2v) is 10.8. The number of ether oxygens (including phenoxy) is 2. The first-order valence-electron chi connectivity index (χ1n) is 11.8. The van der Waals surface area contributed by atoms with E-state index in [1.165, 1.54) is 19.1 Å². The molecule has 0 N–H and O–H groups in total. The fourth-order valence-corrected chi connectivity index (χ4v) is 7.34. The molecule has 4 heterocycles. The minimum Gasteiger partial charge on any atom is -0.462 e. The Morgan fingerprint density at radius 3 is 2.71 bits per heavy atom. The maximum atomic E-state index is 12.9. The molecule has 0 aromatic carbocycles. The fraction of sp³-hybridized carbons (Fsp3) is 0.750. The fourth-order valence-electron chi connectivity index (χ4n) is 7.34. The van der Waals surface area contributed by atoms with Crippen molar-refractivity contribution in [3.63, 3.8) is 0 Å². The number of rotatable bonds is 3. The van der Waals surface area contributed by atoms with Crippen molar-refractivity contribution in [2.24, 2.45) is 17.3 Å². The molecule has 3 saturated heterocycles. The number of hydrogen-bond acceptors (Lipinski definition) is 6. The zero-order valence-corrected chi connectivity index (χ0v) is 18.5. The summed E-state index contributed by atoms with van der Waals surface area (Å²) in [7, 11) is 0. The van der Waals surface area contributed by atoms with Crippen LogP contribution in [-0.4, -0.2) is 71.7 Å². The average molecular weight is 429 g/mol. The number of epoxide rings is 1. The lowest BCUT2D eigenvalue weighted by molar-refractivity contribution is -0.146. The molecule has 6 atom stereocenters. The van der Waals surface area contributed by atoms with E-state index in [1.54, 1.807) is 12.1 Å². The zero-order valence-electron chi connectivity index (χ0n) is 18.5. The van der Waals surface area contributed by atoms with E-state index in [0.29, 0.717) is 25.4 Å². The van der Waals surface area contributed by atoms with E-state index in [0.717, 1.165) is 32.4 Å². The predicted octanol–water partition coefficient (Wildman–Crippen LogP) is 2.71. The zero-order chi connectivity index (χ0) is 21.4. The summed E-state index contributed by atoms with van der Waals surface area (Å²) in [5.41, 5.74) is 0.0347. The summed E-state index contributed by atoms with van der Waals surface area (Å²) in [6.45, 7) is 8.18. The normalized spacial score (nSPS) is 44.3. The van der Waals surface area contributed by atoms with Gasteiger partial charge in [-0.3, -0.25) is 14.5 Å². The van der Waals surface area contributed by atoms with Gasteiger partial charge in [-0.15, -0.1) is 0 Å². The van der Waals surface area contributed by atoms with Gasteiger partial charge in [0.15, 0.2) is 5.76 Å². The van der Waals surface area contributed by atoms with Crippen molar-refractivity contribution in [1.29, 1.82) is 0 Å². The highest BCUT2D eigenvalue weighted by atomic mass is 16.6. The van der Waals surface area contributed by atoms with Crippen molar-refractivity contribution in [2.45, 2.75) is 63.3 Å². The van der Waals surface area contributed by atoms with Crippen LogP contribution in [0.15, 0.2) is 22.8 Å². The van der Waals surface area contributed by atoms with Crippen molar-refractivity contribution in [3.05, 3.63) is 24.2 Å². The van der Waals surface area contributed by atoms with E-state index in [1.807, 2.05) is 4.90 Å². The van der Waals surface area contributed by atoms with Gasteiger partial charge in [0, 0.05) is 44.1 Å². The lowest BCUT2D eigenvalue weighted by Gasteiger charge is -2.48. The maximum Gasteiger partial charge on any atom is 0.310 e. The molecular weight excluding hydrogens is 396 g/mol. The molecule has 7 heteroatoms. The highest BCUT2D eigenvalue weighted by Gasteiger charge is 2.79. The van der Waals surface area contributed by atoms with Gasteiger partial charge < -0.3 is 18.8 Å². The molecule has 1 spiro atoms. The van der Waals surface area contributed by atoms with Crippen LogP contribution in [0, 0.1) is 17.3 Å². The van der Waals surface area contributed by atoms with Gasteiger partial charge in [0.2, 0.25) is 0 Å². The van der Waals surface area contributed by atoms with Crippen molar-refractivity contribution >= 4 is 11.9 Å². The molecule has 31 heavy (non-hydrogen) atoms. The van der Waals surface area contributed by atoms with E-state index in [9.17, 15) is 9.59 Å². The number of esters is 1. The largest absolute Gasteiger partial charge is 0.462 e. The van der Waals surface area contributed by atoms with Gasteiger partial charge in [-0.25, -0.2) is 0 Å². The molecule has 168 valence electrons. The smallest absolute Gasteiger partial charge is 0.310 e. The van der Waals surface area contributed by atoms with Crippen molar-refractivity contribution in [2.75, 3.05) is 32.7 Å². The van der Waals surface area contributed by atoms with Crippen LogP contribution in [0.5, 0.6) is 0 Å². The second-order valence-electron chi connectivity index (χ2n) is 10.8. The molecule has 0 bridgehead atoms. The number of hydrogen-bond donors (Lipinski definition) is 0. The van der Waals surface area contributed by atoms with Crippen molar-refractivity contribution < 1.29 is 23.5 Å². The van der Waals surface area contributed by atoms with Gasteiger partial charge in [-0.2, -0.15) is 0 Å². The van der Waals surface area contributed by atoms with E-state index in [-0.39, 0.29) is 46.4 Å². The van der Waals surface area contributed by atoms with Gasteiger partial charge in [0.05, 0.1) is 17.8 Å². The Morgan fingerprint density at radius 1 is 1.16 bits per heavy atom. The summed E-state index contributed by atoms with van der Waals surface area (Å²) in [5.74, 6) is 0.443. The molecule has 7 nitrogen and oxygen atoms in total. The van der Waals surface area contributed by atoms with Crippen molar-refractivity contribution in [3.8, 4) is 0 Å². The Morgan fingerprint density at radius 2 is 1.97 bits per heavy atom. The molecular formula is C24H32N2O5. The number of furan rings is 1. The van der Waals surface area contributed by atoms with Crippen LogP contribution in [0.2, 0.25) is 0 Å². The lowest BCUT2D eigenvalue weighted by Crippen LogP contribution is -2.54. The summed E-state index contributed by atoms with van der Waals surface area (Å²) in [6.07, 6.45) is 6.93. The Kier molecular flexibility index (Phi) is 4.20. The molecule has 2 aliphatic carbocycles. The highest BCUT2D eigenvalue weighted by molar-refractivity contribution is 5.91. The molecule has 1 aromatic rings. The topological polar surface area (TPSA) is 75.5 Å². The number of nitrogens with zero attached hydrogens (tertiary/aromatic N) is 2. The van der Waals surface area contributed by atoms with Crippen LogP contribution in [0.25, 0.3) is 0 Å². The standard InChI is InChI=1S/C24H32N2O5/c1-22-6-4-7-23(2)24(22,31-23)13-16-17(21(28)30-19(16)14-22)15-25-8-10-26(11-9-25)20(27)18-5-3-12-29-18/h3,5,12,16-17,19H,4,6-11,13-15H2,1-2H3/t16-,17+,19+,22+,23-,24-/m0/s1. The summed E-state index contributed by atoms with van der Waals surface area (Å²) in [6, 6.07) is 3.44. The van der Waals surface area contributed by atoms with Crippen LogP contribution >= 0.6 is 0 Å². The number of piperazine rings is 1. The number of fused-ring (bicyclic) bond motifs is 1. The molecule has 1 aromatic heterocycles. The molecule has 1 amide bonds. The van der Waals surface area contributed by atoms with Gasteiger partial charge in [0.1, 0.15) is 11.7 Å². The molecule has 2 saturated carbocycles. The minimum atomic E-state index is -0.0911. The van der Waals surface area contributed by atoms with E-state index in [2.05, 4.69) is 18.7 Å². The van der Waals surface area contributed by atoms with Crippen LogP contribution in [-0.2, 0) is 14.3 Å². The number of amides is 1. The van der Waals surface area contributed by atoms with E-state index in [4.69, 9.17) is 13.9 Å². The number of carbonyl (C=O) groups excluding carboxylic acids is 2. The first-order chi connectivity index (χ1) is 14.8. The van der Waals surface area contributed by atoms with E-state index < -0.39 is 0 Å². The van der Waals surface area contributed by atoms with Crippen LogP contribution in [0.3, 0.4) is 0 Å². The number of carbonyl (C=O) groups is 2. The Bertz CT molecular complexity index is 894. The summed E-state index contributed by atoms with van der Waals surface area (Å²) < 4.78 is 17.7. The minimum absolute atomic E-state index is 0.0149.